The van der Waals surface area contributed by atoms with Crippen LogP contribution in [-0.2, 0) is 17.1 Å². The highest BCUT2D eigenvalue weighted by atomic mass is 19.4. The van der Waals surface area contributed by atoms with E-state index in [1.54, 1.807) is 0 Å². The van der Waals surface area contributed by atoms with Gasteiger partial charge in [-0.1, -0.05) is 6.07 Å². The second-order valence-corrected chi connectivity index (χ2v) is 8.14. The molecule has 1 saturated carbocycles. The predicted molar refractivity (Wildman–Crippen MR) is 103 cm³/mol. The third kappa shape index (κ3) is 5.21. The molecule has 1 aromatic heterocycles. The van der Waals surface area contributed by atoms with Crippen LogP contribution in [0, 0.1) is 5.92 Å². The Morgan fingerprint density at radius 2 is 1.79 bits per heavy atom. The summed E-state index contributed by atoms with van der Waals surface area (Å²) in [6, 6.07) is 3.58. The van der Waals surface area contributed by atoms with Crippen molar-refractivity contribution in [3.63, 3.8) is 0 Å². The third-order valence-electron chi connectivity index (χ3n) is 5.55. The van der Waals surface area contributed by atoms with E-state index in [1.807, 2.05) is 0 Å². The first-order chi connectivity index (χ1) is 15.4. The number of likely N-dealkylation sites (tertiary alicyclic amines) is 1. The van der Waals surface area contributed by atoms with Crippen molar-refractivity contribution >= 4 is 5.91 Å². The second kappa shape index (κ2) is 8.47. The first kappa shape index (κ1) is 23.3. The summed E-state index contributed by atoms with van der Waals surface area (Å²) < 4.78 is 86.0. The average molecular weight is 475 g/mol. The minimum absolute atomic E-state index is 0.0627. The van der Waals surface area contributed by atoms with E-state index in [4.69, 9.17) is 4.74 Å². The standard InChI is InChI=1S/C21H19F6N3O3/c22-20(23,24)13-2-1-3-14(8-13)30-17(31)9-16(21(25,26)27)18(28-30)19(32)29-7-6-15(10-29)33-11-12-4-5-12/h1-3,8-9,12,15H,4-7,10-11H2. The minimum atomic E-state index is -5.06. The van der Waals surface area contributed by atoms with Crippen LogP contribution in [0.5, 0.6) is 0 Å². The molecule has 1 unspecified atom stereocenters. The molecule has 2 fully saturated rings. The van der Waals surface area contributed by atoms with Crippen molar-refractivity contribution in [1.29, 1.82) is 0 Å². The van der Waals surface area contributed by atoms with Gasteiger partial charge in [-0.15, -0.1) is 0 Å². The van der Waals surface area contributed by atoms with Gasteiger partial charge in [-0.05, 0) is 43.4 Å². The summed E-state index contributed by atoms with van der Waals surface area (Å²) in [6.07, 6.45) is -7.57. The maximum Gasteiger partial charge on any atom is 0.418 e. The Bertz CT molecular complexity index is 1110. The Balaban J connectivity index is 1.68. The van der Waals surface area contributed by atoms with Gasteiger partial charge in [0.15, 0.2) is 5.69 Å². The number of carbonyl (C=O) groups is 1. The van der Waals surface area contributed by atoms with Crippen molar-refractivity contribution in [3.8, 4) is 5.69 Å². The van der Waals surface area contributed by atoms with E-state index in [-0.39, 0.29) is 25.3 Å². The molecule has 0 N–H and O–H groups in total. The molecule has 0 bridgehead atoms. The van der Waals surface area contributed by atoms with Crippen LogP contribution >= 0.6 is 0 Å². The third-order valence-corrected chi connectivity index (χ3v) is 5.55. The van der Waals surface area contributed by atoms with Gasteiger partial charge in [0.05, 0.1) is 22.9 Å². The van der Waals surface area contributed by atoms with Crippen molar-refractivity contribution in [2.24, 2.45) is 5.92 Å². The number of benzene rings is 1. The molecule has 0 radical (unpaired) electrons. The minimum Gasteiger partial charge on any atom is -0.376 e. The van der Waals surface area contributed by atoms with Crippen molar-refractivity contribution < 1.29 is 35.9 Å². The molecular weight excluding hydrogens is 456 g/mol. The molecule has 6 nitrogen and oxygen atoms in total. The average Bonchev–Trinajstić information content (AvgIpc) is 3.46. The number of carbonyl (C=O) groups excluding carboxylic acids is 1. The van der Waals surface area contributed by atoms with Crippen LogP contribution < -0.4 is 5.56 Å². The summed E-state index contributed by atoms with van der Waals surface area (Å²) in [5.74, 6) is -0.593. The SMILES string of the molecule is O=C(c1nn(-c2cccc(C(F)(F)F)c2)c(=O)cc1C(F)(F)F)N1CCC(OCC2CC2)C1. The number of amides is 1. The monoisotopic (exact) mass is 475 g/mol. The zero-order valence-corrected chi connectivity index (χ0v) is 17.1. The number of halogens is 6. The van der Waals surface area contributed by atoms with Gasteiger partial charge in [0, 0.05) is 25.8 Å². The van der Waals surface area contributed by atoms with Gasteiger partial charge >= 0.3 is 12.4 Å². The van der Waals surface area contributed by atoms with Crippen LogP contribution in [0.15, 0.2) is 35.1 Å². The van der Waals surface area contributed by atoms with E-state index >= 15 is 0 Å². The van der Waals surface area contributed by atoms with Crippen LogP contribution in [-0.4, -0.2) is 46.4 Å². The zero-order valence-electron chi connectivity index (χ0n) is 17.1. The lowest BCUT2D eigenvalue weighted by atomic mass is 10.1. The summed E-state index contributed by atoms with van der Waals surface area (Å²) in [4.78, 5) is 26.4. The van der Waals surface area contributed by atoms with Crippen molar-refractivity contribution in [2.45, 2.75) is 37.7 Å². The largest absolute Gasteiger partial charge is 0.418 e. The van der Waals surface area contributed by atoms with E-state index in [0.717, 1.165) is 35.9 Å². The highest BCUT2D eigenvalue weighted by molar-refractivity contribution is 5.94. The van der Waals surface area contributed by atoms with Crippen LogP contribution in [0.2, 0.25) is 0 Å². The number of hydrogen-bond donors (Lipinski definition) is 0. The first-order valence-corrected chi connectivity index (χ1v) is 10.2. The van der Waals surface area contributed by atoms with Gasteiger partial charge in [-0.25, -0.2) is 0 Å². The van der Waals surface area contributed by atoms with Gasteiger partial charge in [-0.3, -0.25) is 9.59 Å². The summed E-state index contributed by atoms with van der Waals surface area (Å²) in [5.41, 5.74) is -5.43. The highest BCUT2D eigenvalue weighted by Gasteiger charge is 2.40. The van der Waals surface area contributed by atoms with Gasteiger partial charge in [0.25, 0.3) is 11.5 Å². The topological polar surface area (TPSA) is 64.4 Å². The summed E-state index contributed by atoms with van der Waals surface area (Å²) >= 11 is 0. The second-order valence-electron chi connectivity index (χ2n) is 8.14. The predicted octanol–water partition coefficient (Wildman–Crippen LogP) is 3.91. The van der Waals surface area contributed by atoms with Gasteiger partial charge in [-0.2, -0.15) is 36.1 Å². The van der Waals surface area contributed by atoms with Crippen molar-refractivity contribution in [1.82, 2.24) is 14.7 Å². The molecule has 1 amide bonds. The molecular formula is C21H19F6N3O3. The number of nitrogens with zero attached hydrogens (tertiary/aromatic N) is 3. The summed E-state index contributed by atoms with van der Waals surface area (Å²) in [5, 5.41) is 3.57. The lowest BCUT2D eigenvalue weighted by molar-refractivity contribution is -0.138. The summed E-state index contributed by atoms with van der Waals surface area (Å²) in [6.45, 7) is 0.724. The van der Waals surface area contributed by atoms with E-state index < -0.39 is 46.3 Å². The lowest BCUT2D eigenvalue weighted by Gasteiger charge is -2.20. The van der Waals surface area contributed by atoms with Gasteiger partial charge in [0.2, 0.25) is 0 Å². The van der Waals surface area contributed by atoms with E-state index in [2.05, 4.69) is 5.10 Å². The number of aromatic nitrogens is 2. The van der Waals surface area contributed by atoms with Gasteiger partial charge in [0.1, 0.15) is 0 Å². The molecule has 1 aliphatic carbocycles. The number of ether oxygens (including phenoxy) is 1. The molecule has 2 heterocycles. The Kier molecular flexibility index (Phi) is 5.97. The maximum atomic E-state index is 13.6. The fraction of sp³-hybridized carbons (Fsp3) is 0.476. The number of hydrogen-bond acceptors (Lipinski definition) is 4. The fourth-order valence-electron chi connectivity index (χ4n) is 3.58. The molecule has 178 valence electrons. The van der Waals surface area contributed by atoms with E-state index in [9.17, 15) is 35.9 Å². The smallest absolute Gasteiger partial charge is 0.376 e. The maximum absolute atomic E-state index is 13.6. The Hall–Kier alpha value is -2.89. The Labute approximate surface area is 183 Å². The van der Waals surface area contributed by atoms with Crippen LogP contribution in [0.1, 0.15) is 40.9 Å². The molecule has 0 spiro atoms. The van der Waals surface area contributed by atoms with Crippen molar-refractivity contribution in [2.75, 3.05) is 19.7 Å². The molecule has 1 atom stereocenters. The highest BCUT2D eigenvalue weighted by Crippen LogP contribution is 2.33. The molecule has 33 heavy (non-hydrogen) atoms. The molecule has 2 aliphatic rings. The van der Waals surface area contributed by atoms with E-state index in [0.29, 0.717) is 29.7 Å². The summed E-state index contributed by atoms with van der Waals surface area (Å²) in [7, 11) is 0. The molecule has 2 aromatic rings. The number of alkyl halides is 6. The zero-order chi connectivity index (χ0) is 24.0. The quantitative estimate of drug-likeness (QED) is 0.616. The lowest BCUT2D eigenvalue weighted by Crippen LogP contribution is -2.36. The Morgan fingerprint density at radius 1 is 1.06 bits per heavy atom. The normalized spacial score (nSPS) is 19.2. The Morgan fingerprint density at radius 3 is 2.42 bits per heavy atom. The molecule has 1 aliphatic heterocycles. The molecule has 1 aromatic carbocycles. The van der Waals surface area contributed by atoms with Gasteiger partial charge < -0.3 is 9.64 Å². The molecule has 12 heteroatoms. The van der Waals surface area contributed by atoms with Crippen molar-refractivity contribution in [3.05, 3.63) is 57.5 Å². The fourth-order valence-corrected chi connectivity index (χ4v) is 3.58. The number of rotatable bonds is 5. The molecule has 1 saturated heterocycles. The molecule has 4 rings (SSSR count). The first-order valence-electron chi connectivity index (χ1n) is 10.2. The van der Waals surface area contributed by atoms with E-state index in [1.165, 1.54) is 0 Å². The van der Waals surface area contributed by atoms with Crippen LogP contribution in [0.3, 0.4) is 0 Å². The van der Waals surface area contributed by atoms with Crippen LogP contribution in [0.4, 0.5) is 26.3 Å². The van der Waals surface area contributed by atoms with Crippen LogP contribution in [0.25, 0.3) is 5.69 Å².